The van der Waals surface area contributed by atoms with Crippen molar-refractivity contribution in [3.63, 3.8) is 0 Å². The summed E-state index contributed by atoms with van der Waals surface area (Å²) in [7, 11) is 1.54. The van der Waals surface area contributed by atoms with E-state index in [4.69, 9.17) is 14.2 Å². The van der Waals surface area contributed by atoms with Crippen molar-refractivity contribution in [2.75, 3.05) is 7.11 Å². The summed E-state index contributed by atoms with van der Waals surface area (Å²) in [6.45, 7) is 5.27. The number of aromatic hydroxyl groups is 4. The van der Waals surface area contributed by atoms with Gasteiger partial charge < -0.3 is 34.6 Å². The summed E-state index contributed by atoms with van der Waals surface area (Å²) >= 11 is 0. The molecule has 0 fully saturated rings. The molecule has 0 radical (unpaired) electrons. The second-order valence-corrected chi connectivity index (χ2v) is 8.50. The van der Waals surface area contributed by atoms with Crippen molar-refractivity contribution in [1.82, 2.24) is 0 Å². The fourth-order valence-corrected chi connectivity index (χ4v) is 4.22. The lowest BCUT2D eigenvalue weighted by molar-refractivity contribution is -0.0188. The number of methoxy groups -OCH3 is 1. The van der Waals surface area contributed by atoms with Crippen LogP contribution in [0.5, 0.6) is 34.5 Å². The lowest BCUT2D eigenvalue weighted by atomic mass is 9.92. The van der Waals surface area contributed by atoms with Crippen LogP contribution in [-0.2, 0) is 11.2 Å². The monoisotopic (exact) mass is 466 g/mol. The maximum atomic E-state index is 13.1. The molecule has 3 aromatic rings. The summed E-state index contributed by atoms with van der Waals surface area (Å²) in [6, 6.07) is 9.28. The van der Waals surface area contributed by atoms with Crippen LogP contribution in [0.2, 0.25) is 0 Å². The summed E-state index contributed by atoms with van der Waals surface area (Å²) in [5.74, 6) is -1.10. The Hall–Kier alpha value is -4.07. The summed E-state index contributed by atoms with van der Waals surface area (Å²) < 4.78 is 17.6. The molecule has 3 aromatic carbocycles. The van der Waals surface area contributed by atoms with Crippen molar-refractivity contribution >= 4 is 5.97 Å². The smallest absolute Gasteiger partial charge is 0.338 e. The van der Waals surface area contributed by atoms with Gasteiger partial charge in [-0.3, -0.25) is 0 Å². The molecule has 2 atom stereocenters. The Morgan fingerprint density at radius 3 is 2.12 bits per heavy atom. The summed E-state index contributed by atoms with van der Waals surface area (Å²) in [6.07, 6.45) is -1.50. The van der Waals surface area contributed by atoms with Gasteiger partial charge in [0.05, 0.1) is 12.7 Å². The zero-order valence-corrected chi connectivity index (χ0v) is 19.2. The molecule has 8 heteroatoms. The first kappa shape index (κ1) is 23.1. The van der Waals surface area contributed by atoms with Gasteiger partial charge in [0.1, 0.15) is 23.4 Å². The number of aryl methyl sites for hydroxylation is 3. The van der Waals surface area contributed by atoms with E-state index in [1.807, 2.05) is 19.1 Å². The summed E-state index contributed by atoms with van der Waals surface area (Å²) in [5, 5.41) is 39.9. The van der Waals surface area contributed by atoms with Gasteiger partial charge in [0.25, 0.3) is 0 Å². The second-order valence-electron chi connectivity index (χ2n) is 8.50. The number of esters is 1. The van der Waals surface area contributed by atoms with E-state index >= 15 is 0 Å². The molecular formula is C26H26O8. The molecule has 0 amide bonds. The average Bonchev–Trinajstić information content (AvgIpc) is 2.79. The highest BCUT2D eigenvalue weighted by Crippen LogP contribution is 2.45. The molecule has 0 saturated carbocycles. The van der Waals surface area contributed by atoms with Gasteiger partial charge in [0.15, 0.2) is 23.4 Å². The number of hydrogen-bond acceptors (Lipinski definition) is 8. The largest absolute Gasteiger partial charge is 0.507 e. The van der Waals surface area contributed by atoms with E-state index in [1.54, 1.807) is 33.1 Å². The van der Waals surface area contributed by atoms with Crippen molar-refractivity contribution in [3.05, 3.63) is 69.8 Å². The first-order valence-corrected chi connectivity index (χ1v) is 10.7. The molecule has 1 aliphatic heterocycles. The fourth-order valence-electron chi connectivity index (χ4n) is 4.22. The number of fused-ring (bicyclic) bond motifs is 1. The maximum absolute atomic E-state index is 13.1. The van der Waals surface area contributed by atoms with Crippen LogP contribution in [0.25, 0.3) is 0 Å². The Morgan fingerprint density at radius 1 is 0.912 bits per heavy atom. The van der Waals surface area contributed by atoms with E-state index in [-0.39, 0.29) is 17.7 Å². The SMILES string of the molecule is COc1cc(C)cc2c1C[C@@H](OC(=O)c1cc(C)c(O)c(C)c1)[C@@H](c1cc(O)c(O)c(O)c1)O2. The third-order valence-electron chi connectivity index (χ3n) is 5.93. The Labute approximate surface area is 196 Å². The molecule has 0 saturated heterocycles. The van der Waals surface area contributed by atoms with Gasteiger partial charge in [-0.1, -0.05) is 0 Å². The minimum atomic E-state index is -0.889. The highest BCUT2D eigenvalue weighted by atomic mass is 16.6. The predicted molar refractivity (Wildman–Crippen MR) is 123 cm³/mol. The molecule has 1 heterocycles. The van der Waals surface area contributed by atoms with Crippen LogP contribution in [0.4, 0.5) is 0 Å². The normalized spacial score (nSPS) is 16.9. The molecule has 4 N–H and O–H groups in total. The van der Waals surface area contributed by atoms with Crippen molar-refractivity contribution in [2.45, 2.75) is 39.4 Å². The van der Waals surface area contributed by atoms with Crippen LogP contribution in [0, 0.1) is 20.8 Å². The second kappa shape index (κ2) is 8.70. The molecule has 0 unspecified atom stereocenters. The van der Waals surface area contributed by atoms with E-state index in [9.17, 15) is 25.2 Å². The van der Waals surface area contributed by atoms with Gasteiger partial charge in [-0.15, -0.1) is 0 Å². The topological polar surface area (TPSA) is 126 Å². The van der Waals surface area contributed by atoms with Crippen LogP contribution in [0.3, 0.4) is 0 Å². The van der Waals surface area contributed by atoms with Crippen LogP contribution in [0.15, 0.2) is 36.4 Å². The number of carbonyl (C=O) groups excluding carboxylic acids is 1. The van der Waals surface area contributed by atoms with Gasteiger partial charge >= 0.3 is 5.97 Å². The standard InChI is InChI=1S/C26H26O8/c1-12-5-20(32-4)17-11-22(34-26(31)16-7-13(2)23(29)14(3)8-16)25(33-21(17)6-12)15-9-18(27)24(30)19(28)10-15/h5-10,22,25,27-30H,11H2,1-4H3/t22-,25-/m1/s1. The molecule has 0 aliphatic carbocycles. The van der Waals surface area contributed by atoms with E-state index in [0.717, 1.165) is 5.56 Å². The number of ether oxygens (including phenoxy) is 3. The molecule has 0 spiro atoms. The zero-order valence-electron chi connectivity index (χ0n) is 19.2. The van der Waals surface area contributed by atoms with Crippen LogP contribution < -0.4 is 9.47 Å². The summed E-state index contributed by atoms with van der Waals surface area (Å²) in [5.41, 5.74) is 3.28. The first-order chi connectivity index (χ1) is 16.1. The van der Waals surface area contributed by atoms with E-state index in [0.29, 0.717) is 33.8 Å². The first-order valence-electron chi connectivity index (χ1n) is 10.7. The maximum Gasteiger partial charge on any atom is 0.338 e. The number of rotatable bonds is 4. The van der Waals surface area contributed by atoms with Crippen molar-refractivity contribution < 1.29 is 39.4 Å². The Balaban J connectivity index is 1.76. The number of benzene rings is 3. The third-order valence-corrected chi connectivity index (χ3v) is 5.93. The van der Waals surface area contributed by atoms with Gasteiger partial charge in [-0.25, -0.2) is 4.79 Å². The number of carbonyl (C=O) groups is 1. The Kier molecular flexibility index (Phi) is 5.91. The predicted octanol–water partition coefficient (Wildman–Crippen LogP) is 4.34. The Bertz CT molecular complexity index is 1230. The highest BCUT2D eigenvalue weighted by Gasteiger charge is 2.37. The summed E-state index contributed by atoms with van der Waals surface area (Å²) in [4.78, 5) is 13.1. The van der Waals surface area contributed by atoms with E-state index in [2.05, 4.69) is 0 Å². The van der Waals surface area contributed by atoms with Gasteiger partial charge in [-0.2, -0.15) is 0 Å². The van der Waals surface area contributed by atoms with Crippen molar-refractivity contribution in [2.24, 2.45) is 0 Å². The van der Waals surface area contributed by atoms with Crippen molar-refractivity contribution in [3.8, 4) is 34.5 Å². The zero-order chi connectivity index (χ0) is 24.7. The van der Waals surface area contributed by atoms with Crippen molar-refractivity contribution in [1.29, 1.82) is 0 Å². The minimum Gasteiger partial charge on any atom is -0.507 e. The van der Waals surface area contributed by atoms with Gasteiger partial charge in [0.2, 0.25) is 0 Å². The van der Waals surface area contributed by atoms with Crippen LogP contribution in [-0.4, -0.2) is 39.6 Å². The number of hydrogen-bond donors (Lipinski definition) is 4. The molecule has 1 aliphatic rings. The molecule has 0 aromatic heterocycles. The van der Waals surface area contributed by atoms with E-state index < -0.39 is 35.4 Å². The van der Waals surface area contributed by atoms with Crippen LogP contribution >= 0.6 is 0 Å². The molecular weight excluding hydrogens is 440 g/mol. The highest BCUT2D eigenvalue weighted by molar-refractivity contribution is 5.90. The minimum absolute atomic E-state index is 0.111. The number of phenols is 4. The molecule has 34 heavy (non-hydrogen) atoms. The average molecular weight is 466 g/mol. The third kappa shape index (κ3) is 4.14. The molecule has 4 rings (SSSR count). The van der Waals surface area contributed by atoms with E-state index in [1.165, 1.54) is 12.1 Å². The molecule has 8 nitrogen and oxygen atoms in total. The number of phenolic OH excluding ortho intramolecular Hbond substituents is 4. The van der Waals surface area contributed by atoms with Gasteiger partial charge in [0, 0.05) is 17.5 Å². The van der Waals surface area contributed by atoms with Gasteiger partial charge in [-0.05, 0) is 73.9 Å². The quantitative estimate of drug-likeness (QED) is 0.330. The Morgan fingerprint density at radius 2 is 1.53 bits per heavy atom. The molecule has 0 bridgehead atoms. The fraction of sp³-hybridized carbons (Fsp3) is 0.269. The lowest BCUT2D eigenvalue weighted by Gasteiger charge is -2.34. The lowest BCUT2D eigenvalue weighted by Crippen LogP contribution is -2.35. The van der Waals surface area contributed by atoms with Crippen LogP contribution in [0.1, 0.15) is 44.3 Å². The molecule has 178 valence electrons.